The third-order valence-electron chi connectivity index (χ3n) is 13.0. The molecule has 0 rings (SSSR count). The molecule has 0 radical (unpaired) electrons. The Labute approximate surface area is 457 Å². The Morgan fingerprint density at radius 2 is 0.554 bits per heavy atom. The van der Waals surface area contributed by atoms with Crippen molar-refractivity contribution in [2.45, 2.75) is 290 Å². The van der Waals surface area contributed by atoms with E-state index in [4.69, 9.17) is 14.2 Å². The van der Waals surface area contributed by atoms with Crippen LogP contribution in [0.25, 0.3) is 0 Å². The molecule has 1 unspecified atom stereocenters. The molecule has 0 saturated carbocycles. The summed E-state index contributed by atoms with van der Waals surface area (Å²) in [6.07, 6.45) is 83.8. The van der Waals surface area contributed by atoms with E-state index in [1.807, 2.05) is 6.08 Å². The highest BCUT2D eigenvalue weighted by Gasteiger charge is 2.19. The molecule has 0 fully saturated rings. The standard InChI is InChI=1S/C68H114O6/c1-4-7-10-13-16-19-22-25-28-31-33-34-36-37-40-43-46-49-52-55-58-61-67(70)73-64-65(63-72-66(69)60-57-54-51-48-45-42-39-30-27-24-21-18-15-12-9-6-3)74-68(71)62-59-56-53-50-47-44-41-38-35-32-29-26-23-20-17-14-11-8-5-2/h8,11,17,20,22,25-26,29,31,33,35-38,44,47,53,56,65H,4-7,9-10,12-16,18-19,21,23-24,27-28,30,32,34,39-43,45-46,48-52,54-55,57-64H2,1-3H3/b11-8-,20-17-,25-22-,29-26-,33-31-,37-36-,38-35-,47-44-,56-53-. The van der Waals surface area contributed by atoms with Crippen LogP contribution >= 0.6 is 0 Å². The van der Waals surface area contributed by atoms with Gasteiger partial charge in [-0.15, -0.1) is 0 Å². The van der Waals surface area contributed by atoms with Crippen molar-refractivity contribution >= 4 is 17.9 Å². The monoisotopic (exact) mass is 1030 g/mol. The maximum Gasteiger partial charge on any atom is 0.306 e. The van der Waals surface area contributed by atoms with Gasteiger partial charge in [-0.05, 0) is 96.3 Å². The van der Waals surface area contributed by atoms with E-state index < -0.39 is 12.1 Å². The molecule has 0 N–H and O–H groups in total. The SMILES string of the molecule is CC/C=C\C/C=C\C/C=C\C/C=C\C/C=C\C/C=C\CCC(=O)OC(COC(=O)CCCCCCCC/C=C\C/C=C\C/C=C\CCCCCCC)COC(=O)CCCCCCCCCCCCCCCCCC. The lowest BCUT2D eigenvalue weighted by Gasteiger charge is -2.18. The summed E-state index contributed by atoms with van der Waals surface area (Å²) in [5.74, 6) is -1.00. The summed E-state index contributed by atoms with van der Waals surface area (Å²) in [6.45, 7) is 6.46. The number of unbranched alkanes of at least 4 members (excludes halogenated alkanes) is 26. The minimum absolute atomic E-state index is 0.112. The van der Waals surface area contributed by atoms with Gasteiger partial charge in [0.1, 0.15) is 13.2 Å². The number of esters is 3. The Morgan fingerprint density at radius 1 is 0.284 bits per heavy atom. The highest BCUT2D eigenvalue weighted by molar-refractivity contribution is 5.71. The van der Waals surface area contributed by atoms with Crippen LogP contribution < -0.4 is 0 Å². The molecule has 0 spiro atoms. The van der Waals surface area contributed by atoms with Gasteiger partial charge in [0, 0.05) is 19.3 Å². The predicted molar refractivity (Wildman–Crippen MR) is 320 cm³/mol. The lowest BCUT2D eigenvalue weighted by atomic mass is 10.0. The van der Waals surface area contributed by atoms with Crippen molar-refractivity contribution in [2.24, 2.45) is 0 Å². The number of allylic oxidation sites excluding steroid dienone is 18. The Bertz CT molecular complexity index is 1510. The van der Waals surface area contributed by atoms with Crippen molar-refractivity contribution in [3.63, 3.8) is 0 Å². The minimum Gasteiger partial charge on any atom is -0.462 e. The van der Waals surface area contributed by atoms with E-state index in [0.717, 1.165) is 103 Å². The summed E-state index contributed by atoms with van der Waals surface area (Å²) < 4.78 is 16.8. The summed E-state index contributed by atoms with van der Waals surface area (Å²) in [6, 6.07) is 0. The van der Waals surface area contributed by atoms with E-state index in [1.165, 1.54) is 135 Å². The van der Waals surface area contributed by atoms with Crippen LogP contribution in [0.4, 0.5) is 0 Å². The smallest absolute Gasteiger partial charge is 0.306 e. The first-order chi connectivity index (χ1) is 36.5. The highest BCUT2D eigenvalue weighted by Crippen LogP contribution is 2.15. The quantitative estimate of drug-likeness (QED) is 0.0261. The summed E-state index contributed by atoms with van der Waals surface area (Å²) in [7, 11) is 0. The van der Waals surface area contributed by atoms with E-state index in [-0.39, 0.29) is 31.6 Å². The Kier molecular flexibility index (Phi) is 58.3. The molecule has 0 saturated heterocycles. The van der Waals surface area contributed by atoms with E-state index in [2.05, 4.69) is 124 Å². The first-order valence-corrected chi connectivity index (χ1v) is 30.9. The van der Waals surface area contributed by atoms with Gasteiger partial charge >= 0.3 is 17.9 Å². The molecular formula is C68H114O6. The lowest BCUT2D eigenvalue weighted by Crippen LogP contribution is -2.30. The average Bonchev–Trinajstić information content (AvgIpc) is 3.40. The van der Waals surface area contributed by atoms with Crippen LogP contribution in [-0.4, -0.2) is 37.2 Å². The fraction of sp³-hybridized carbons (Fsp3) is 0.691. The van der Waals surface area contributed by atoms with Crippen molar-refractivity contribution in [3.05, 3.63) is 109 Å². The van der Waals surface area contributed by atoms with Crippen molar-refractivity contribution < 1.29 is 28.6 Å². The van der Waals surface area contributed by atoms with E-state index >= 15 is 0 Å². The highest BCUT2D eigenvalue weighted by atomic mass is 16.6. The van der Waals surface area contributed by atoms with Crippen molar-refractivity contribution in [2.75, 3.05) is 13.2 Å². The van der Waals surface area contributed by atoms with Crippen LogP contribution in [0.2, 0.25) is 0 Å². The predicted octanol–water partition coefficient (Wildman–Crippen LogP) is 21.0. The van der Waals surface area contributed by atoms with Gasteiger partial charge < -0.3 is 14.2 Å². The topological polar surface area (TPSA) is 78.9 Å². The lowest BCUT2D eigenvalue weighted by molar-refractivity contribution is -0.166. The van der Waals surface area contributed by atoms with E-state index in [1.54, 1.807) is 0 Å². The number of carbonyl (C=O) groups is 3. The van der Waals surface area contributed by atoms with Crippen LogP contribution in [0.5, 0.6) is 0 Å². The summed E-state index contributed by atoms with van der Waals surface area (Å²) in [5.41, 5.74) is 0. The molecule has 6 heteroatoms. The molecule has 0 heterocycles. The Hall–Kier alpha value is -3.93. The molecule has 0 aliphatic carbocycles. The van der Waals surface area contributed by atoms with Gasteiger partial charge in [-0.1, -0.05) is 278 Å². The fourth-order valence-corrected chi connectivity index (χ4v) is 8.42. The first kappa shape index (κ1) is 70.1. The number of hydrogen-bond donors (Lipinski definition) is 0. The second kappa shape index (κ2) is 61.6. The molecule has 0 bridgehead atoms. The summed E-state index contributed by atoms with van der Waals surface area (Å²) in [4.78, 5) is 38.2. The molecule has 0 aromatic carbocycles. The van der Waals surface area contributed by atoms with Gasteiger partial charge in [-0.25, -0.2) is 0 Å². The summed E-state index contributed by atoms with van der Waals surface area (Å²) >= 11 is 0. The van der Waals surface area contributed by atoms with Crippen molar-refractivity contribution in [1.82, 2.24) is 0 Å². The first-order valence-electron chi connectivity index (χ1n) is 30.9. The van der Waals surface area contributed by atoms with Gasteiger partial charge in [-0.3, -0.25) is 14.4 Å². The maximum atomic E-state index is 12.9. The van der Waals surface area contributed by atoms with Crippen LogP contribution in [-0.2, 0) is 28.6 Å². The summed E-state index contributed by atoms with van der Waals surface area (Å²) in [5, 5.41) is 0. The average molecular weight is 1030 g/mol. The van der Waals surface area contributed by atoms with Crippen molar-refractivity contribution in [3.8, 4) is 0 Å². The molecule has 0 amide bonds. The van der Waals surface area contributed by atoms with Crippen LogP contribution in [0.1, 0.15) is 284 Å². The minimum atomic E-state index is -0.826. The van der Waals surface area contributed by atoms with Gasteiger partial charge in [0.25, 0.3) is 0 Å². The van der Waals surface area contributed by atoms with Gasteiger partial charge in [-0.2, -0.15) is 0 Å². The second-order valence-corrected chi connectivity index (χ2v) is 20.2. The van der Waals surface area contributed by atoms with E-state index in [0.29, 0.717) is 19.3 Å². The Morgan fingerprint density at radius 3 is 0.878 bits per heavy atom. The number of hydrogen-bond acceptors (Lipinski definition) is 6. The van der Waals surface area contributed by atoms with Crippen molar-refractivity contribution in [1.29, 1.82) is 0 Å². The number of rotatable bonds is 55. The van der Waals surface area contributed by atoms with Gasteiger partial charge in [0.15, 0.2) is 6.10 Å². The second-order valence-electron chi connectivity index (χ2n) is 20.2. The Balaban J connectivity index is 4.51. The van der Waals surface area contributed by atoms with E-state index in [9.17, 15) is 14.4 Å². The molecule has 0 aliphatic heterocycles. The maximum absolute atomic E-state index is 12.9. The number of ether oxygens (including phenoxy) is 3. The molecule has 1 atom stereocenters. The number of carbonyl (C=O) groups excluding carboxylic acids is 3. The fourth-order valence-electron chi connectivity index (χ4n) is 8.42. The van der Waals surface area contributed by atoms with Gasteiger partial charge in [0.05, 0.1) is 0 Å². The molecule has 6 nitrogen and oxygen atoms in total. The third kappa shape index (κ3) is 59.0. The zero-order valence-electron chi connectivity index (χ0n) is 48.3. The molecule has 74 heavy (non-hydrogen) atoms. The zero-order chi connectivity index (χ0) is 53.6. The largest absolute Gasteiger partial charge is 0.462 e. The van der Waals surface area contributed by atoms with Gasteiger partial charge in [0.2, 0.25) is 0 Å². The third-order valence-corrected chi connectivity index (χ3v) is 13.0. The molecule has 0 aromatic heterocycles. The molecular weight excluding hydrogens is 913 g/mol. The normalized spacial score (nSPS) is 12.9. The van der Waals surface area contributed by atoms with Crippen LogP contribution in [0.3, 0.4) is 0 Å². The molecule has 0 aromatic rings. The molecule has 422 valence electrons. The zero-order valence-corrected chi connectivity index (χ0v) is 48.3. The van der Waals surface area contributed by atoms with Crippen LogP contribution in [0, 0.1) is 0 Å². The molecule has 0 aliphatic rings. The van der Waals surface area contributed by atoms with Crippen LogP contribution in [0.15, 0.2) is 109 Å².